The van der Waals surface area contributed by atoms with Crippen LogP contribution in [0.15, 0.2) is 61.2 Å². The zero-order valence-corrected chi connectivity index (χ0v) is 9.81. The fraction of sp³-hybridized carbons (Fsp3) is 0.0625. The van der Waals surface area contributed by atoms with Gasteiger partial charge in [-0.3, -0.25) is 4.79 Å². The van der Waals surface area contributed by atoms with E-state index in [-0.39, 0.29) is 5.78 Å². The Kier molecular flexibility index (Phi) is 3.20. The van der Waals surface area contributed by atoms with Crippen molar-refractivity contribution in [1.29, 1.82) is 0 Å². The second kappa shape index (κ2) is 4.79. The summed E-state index contributed by atoms with van der Waals surface area (Å²) < 4.78 is 0. The molecule has 1 nitrogen and oxygen atoms in total. The van der Waals surface area contributed by atoms with Gasteiger partial charge in [-0.2, -0.15) is 0 Å². The minimum absolute atomic E-state index is 0.0190. The van der Waals surface area contributed by atoms with Crippen LogP contribution in [0.3, 0.4) is 0 Å². The lowest BCUT2D eigenvalue weighted by atomic mass is 9.98. The van der Waals surface area contributed by atoms with Gasteiger partial charge in [0.05, 0.1) is 0 Å². The Morgan fingerprint density at radius 3 is 2.06 bits per heavy atom. The summed E-state index contributed by atoms with van der Waals surface area (Å²) in [5.74, 6) is -0.0190. The van der Waals surface area contributed by atoms with Crippen LogP contribution in [0.5, 0.6) is 0 Å². The first-order chi connectivity index (χ1) is 8.18. The molecule has 0 unspecified atom stereocenters. The Hall–Kier alpha value is -2.15. The normalized spacial score (nSPS) is 9.94. The second-order valence-corrected chi connectivity index (χ2v) is 4.04. The Bertz CT molecular complexity index is 535. The molecule has 0 spiro atoms. The average Bonchev–Trinajstić information content (AvgIpc) is 2.39. The van der Waals surface area contributed by atoms with E-state index in [1.807, 2.05) is 61.5 Å². The van der Waals surface area contributed by atoms with Crippen molar-refractivity contribution in [3.05, 3.63) is 77.9 Å². The van der Waals surface area contributed by atoms with E-state index in [4.69, 9.17) is 0 Å². The molecular weight excluding hydrogens is 208 g/mol. The summed E-state index contributed by atoms with van der Waals surface area (Å²) in [6.07, 6.45) is 0. The van der Waals surface area contributed by atoms with E-state index in [2.05, 4.69) is 6.58 Å². The number of ketones is 1. The first-order valence-electron chi connectivity index (χ1n) is 5.54. The van der Waals surface area contributed by atoms with Gasteiger partial charge in [0, 0.05) is 11.1 Å². The van der Waals surface area contributed by atoms with E-state index in [1.54, 1.807) is 0 Å². The molecular formula is C16H14O. The Balaban J connectivity index is 2.27. The summed E-state index contributed by atoms with van der Waals surface area (Å²) in [5.41, 5.74) is 3.27. The molecule has 0 N–H and O–H groups in total. The van der Waals surface area contributed by atoms with E-state index in [1.165, 1.54) is 5.56 Å². The fourth-order valence-corrected chi connectivity index (χ4v) is 1.65. The van der Waals surface area contributed by atoms with Crippen LogP contribution in [-0.4, -0.2) is 5.78 Å². The highest BCUT2D eigenvalue weighted by atomic mass is 16.1. The molecule has 2 rings (SSSR count). The number of allylic oxidation sites excluding steroid dienone is 1. The number of hydrogen-bond donors (Lipinski definition) is 0. The highest BCUT2D eigenvalue weighted by molar-refractivity contribution is 6.28. The van der Waals surface area contributed by atoms with E-state index < -0.39 is 0 Å². The molecule has 1 heteroatoms. The van der Waals surface area contributed by atoms with Crippen LogP contribution in [0.25, 0.3) is 5.57 Å². The molecule has 0 heterocycles. The summed E-state index contributed by atoms with van der Waals surface area (Å²) in [7, 11) is 0. The zero-order chi connectivity index (χ0) is 12.3. The molecule has 2 aromatic carbocycles. The van der Waals surface area contributed by atoms with Crippen molar-refractivity contribution in [1.82, 2.24) is 0 Å². The van der Waals surface area contributed by atoms with Crippen LogP contribution < -0.4 is 0 Å². The lowest BCUT2D eigenvalue weighted by molar-refractivity contribution is 0.105. The molecule has 0 aromatic heterocycles. The monoisotopic (exact) mass is 222 g/mol. The number of carbonyl (C=O) groups excluding carboxylic acids is 1. The van der Waals surface area contributed by atoms with E-state index >= 15 is 0 Å². The number of hydrogen-bond acceptors (Lipinski definition) is 1. The van der Waals surface area contributed by atoms with Crippen LogP contribution in [-0.2, 0) is 0 Å². The van der Waals surface area contributed by atoms with Gasteiger partial charge < -0.3 is 0 Å². The molecule has 0 bridgehead atoms. The smallest absolute Gasteiger partial charge is 0.193 e. The second-order valence-electron chi connectivity index (χ2n) is 4.04. The van der Waals surface area contributed by atoms with E-state index in [0.29, 0.717) is 11.1 Å². The molecule has 0 saturated heterocycles. The van der Waals surface area contributed by atoms with Crippen molar-refractivity contribution in [2.75, 3.05) is 0 Å². The minimum Gasteiger partial charge on any atom is -0.289 e. The summed E-state index contributed by atoms with van der Waals surface area (Å²) in [6, 6.07) is 17.1. The number of benzene rings is 2. The van der Waals surface area contributed by atoms with E-state index in [0.717, 1.165) is 5.56 Å². The fourth-order valence-electron chi connectivity index (χ4n) is 1.65. The average molecular weight is 222 g/mol. The molecule has 0 atom stereocenters. The van der Waals surface area contributed by atoms with Crippen molar-refractivity contribution in [3.63, 3.8) is 0 Å². The molecule has 0 aliphatic heterocycles. The molecule has 0 fully saturated rings. The van der Waals surface area contributed by atoms with Crippen LogP contribution in [0.2, 0.25) is 0 Å². The van der Waals surface area contributed by atoms with Crippen LogP contribution >= 0.6 is 0 Å². The minimum atomic E-state index is -0.0190. The molecule has 2 aromatic rings. The van der Waals surface area contributed by atoms with Crippen molar-refractivity contribution in [3.8, 4) is 0 Å². The lowest BCUT2D eigenvalue weighted by Crippen LogP contribution is -2.01. The van der Waals surface area contributed by atoms with E-state index in [9.17, 15) is 4.79 Å². The molecule has 0 aliphatic carbocycles. The Labute approximate surface area is 101 Å². The van der Waals surface area contributed by atoms with Crippen molar-refractivity contribution in [2.24, 2.45) is 0 Å². The van der Waals surface area contributed by atoms with Gasteiger partial charge in [-0.05, 0) is 12.5 Å². The third kappa shape index (κ3) is 2.51. The maximum absolute atomic E-state index is 12.1. The lowest BCUT2D eigenvalue weighted by Gasteiger charge is -2.05. The highest BCUT2D eigenvalue weighted by Crippen LogP contribution is 2.18. The number of carbonyl (C=O) groups is 1. The summed E-state index contributed by atoms with van der Waals surface area (Å²) in [5, 5.41) is 0. The van der Waals surface area contributed by atoms with Gasteiger partial charge >= 0.3 is 0 Å². The standard InChI is InChI=1S/C16H14O/c1-12-8-10-14(11-9-12)13(2)16(17)15-6-4-3-5-7-15/h3-11H,2H2,1H3. The Morgan fingerprint density at radius 1 is 0.882 bits per heavy atom. The first-order valence-corrected chi connectivity index (χ1v) is 5.54. The molecule has 84 valence electrons. The molecule has 0 radical (unpaired) electrons. The molecule has 17 heavy (non-hydrogen) atoms. The number of rotatable bonds is 3. The first kappa shape index (κ1) is 11.3. The number of Topliss-reactive ketones (excluding diaryl/α,β-unsaturated/α-hetero) is 1. The third-order valence-electron chi connectivity index (χ3n) is 2.71. The number of aryl methyl sites for hydroxylation is 1. The quantitative estimate of drug-likeness (QED) is 0.568. The molecule has 0 saturated carbocycles. The SMILES string of the molecule is C=C(C(=O)c1ccccc1)c1ccc(C)cc1. The van der Waals surface area contributed by atoms with Gasteiger partial charge in [0.25, 0.3) is 0 Å². The molecule has 0 amide bonds. The third-order valence-corrected chi connectivity index (χ3v) is 2.71. The zero-order valence-electron chi connectivity index (χ0n) is 9.81. The van der Waals surface area contributed by atoms with Crippen molar-refractivity contribution < 1.29 is 4.79 Å². The predicted octanol–water partition coefficient (Wildman–Crippen LogP) is 3.89. The maximum atomic E-state index is 12.1. The van der Waals surface area contributed by atoms with Gasteiger partial charge in [-0.1, -0.05) is 66.7 Å². The van der Waals surface area contributed by atoms with Crippen molar-refractivity contribution >= 4 is 11.4 Å². The largest absolute Gasteiger partial charge is 0.289 e. The Morgan fingerprint density at radius 2 is 1.47 bits per heavy atom. The molecule has 0 aliphatic rings. The van der Waals surface area contributed by atoms with Gasteiger partial charge in [0.15, 0.2) is 5.78 Å². The summed E-state index contributed by atoms with van der Waals surface area (Å²) in [4.78, 5) is 12.1. The predicted molar refractivity (Wildman–Crippen MR) is 71.0 cm³/mol. The highest BCUT2D eigenvalue weighted by Gasteiger charge is 2.11. The summed E-state index contributed by atoms with van der Waals surface area (Å²) in [6.45, 7) is 5.90. The van der Waals surface area contributed by atoms with Crippen molar-refractivity contribution in [2.45, 2.75) is 6.92 Å². The van der Waals surface area contributed by atoms with Crippen LogP contribution in [0, 0.1) is 6.92 Å². The topological polar surface area (TPSA) is 17.1 Å². The van der Waals surface area contributed by atoms with Gasteiger partial charge in [-0.15, -0.1) is 0 Å². The van der Waals surface area contributed by atoms with Gasteiger partial charge in [0.2, 0.25) is 0 Å². The van der Waals surface area contributed by atoms with Gasteiger partial charge in [0.1, 0.15) is 0 Å². The van der Waals surface area contributed by atoms with Crippen LogP contribution in [0.1, 0.15) is 21.5 Å². The maximum Gasteiger partial charge on any atom is 0.193 e. The summed E-state index contributed by atoms with van der Waals surface area (Å²) >= 11 is 0. The van der Waals surface area contributed by atoms with Crippen LogP contribution in [0.4, 0.5) is 0 Å². The van der Waals surface area contributed by atoms with Gasteiger partial charge in [-0.25, -0.2) is 0 Å².